The van der Waals surface area contributed by atoms with Gasteiger partial charge in [0.15, 0.2) is 0 Å². The van der Waals surface area contributed by atoms with Crippen LogP contribution in [0.5, 0.6) is 0 Å². The second kappa shape index (κ2) is 6.12. The Morgan fingerprint density at radius 1 is 0.842 bits per heavy atom. The van der Waals surface area contributed by atoms with Crippen molar-refractivity contribution in [2.75, 3.05) is 34.7 Å². The molecule has 0 aliphatic carbocycles. The van der Waals surface area contributed by atoms with Gasteiger partial charge in [0.1, 0.15) is 19.5 Å². The van der Waals surface area contributed by atoms with E-state index in [1.165, 1.54) is 36.0 Å². The minimum Gasteiger partial charge on any atom is -0.453 e. The Bertz CT molecular complexity index is 348. The maximum absolute atomic E-state index is 11.6. The quantitative estimate of drug-likeness (QED) is 0.597. The van der Waals surface area contributed by atoms with E-state index >= 15 is 0 Å². The number of methoxy groups -OCH3 is 3. The van der Waals surface area contributed by atoms with E-state index in [2.05, 4.69) is 14.2 Å². The molecule has 0 aromatic carbocycles. The first kappa shape index (κ1) is 14.9. The predicted molar refractivity (Wildman–Crippen MR) is 61.9 cm³/mol. The standard InChI is InChI=1S/C10H17N3O6/c1-7-12(9(15)18-3)5-11(8(14)17-2)6-13(7)10(16)19-4/h7H,5-6H2,1-4H3. The van der Waals surface area contributed by atoms with Gasteiger partial charge in [-0.2, -0.15) is 0 Å². The van der Waals surface area contributed by atoms with Crippen molar-refractivity contribution in [3.05, 3.63) is 0 Å². The molecule has 108 valence electrons. The fourth-order valence-corrected chi connectivity index (χ4v) is 1.72. The van der Waals surface area contributed by atoms with E-state index in [0.29, 0.717) is 0 Å². The molecule has 1 rings (SSSR count). The summed E-state index contributed by atoms with van der Waals surface area (Å²) in [5.41, 5.74) is 0. The second-order valence-corrected chi connectivity index (χ2v) is 3.80. The van der Waals surface area contributed by atoms with Gasteiger partial charge in [-0.05, 0) is 6.92 Å². The molecular formula is C10H17N3O6. The molecule has 0 aromatic heterocycles. The predicted octanol–water partition coefficient (Wildman–Crippen LogP) is 0.466. The minimum atomic E-state index is -0.658. The topological polar surface area (TPSA) is 88.6 Å². The Morgan fingerprint density at radius 3 is 1.53 bits per heavy atom. The zero-order valence-electron chi connectivity index (χ0n) is 11.3. The van der Waals surface area contributed by atoms with Crippen molar-refractivity contribution >= 4 is 18.3 Å². The number of rotatable bonds is 0. The summed E-state index contributed by atoms with van der Waals surface area (Å²) >= 11 is 0. The number of hydrogen-bond donors (Lipinski definition) is 0. The van der Waals surface area contributed by atoms with E-state index in [4.69, 9.17) is 0 Å². The average molecular weight is 275 g/mol. The lowest BCUT2D eigenvalue weighted by molar-refractivity contribution is -0.0493. The van der Waals surface area contributed by atoms with Crippen molar-refractivity contribution < 1.29 is 28.6 Å². The van der Waals surface area contributed by atoms with Crippen LogP contribution in [0.15, 0.2) is 0 Å². The van der Waals surface area contributed by atoms with Gasteiger partial charge in [0, 0.05) is 0 Å². The molecule has 1 fully saturated rings. The van der Waals surface area contributed by atoms with Gasteiger partial charge >= 0.3 is 18.3 Å². The van der Waals surface area contributed by atoms with Gasteiger partial charge in [-0.25, -0.2) is 14.4 Å². The highest BCUT2D eigenvalue weighted by molar-refractivity contribution is 5.74. The summed E-state index contributed by atoms with van der Waals surface area (Å²) in [7, 11) is 3.65. The fraction of sp³-hybridized carbons (Fsp3) is 0.700. The molecule has 1 aliphatic rings. The summed E-state index contributed by atoms with van der Waals surface area (Å²) in [5.74, 6) is 0. The van der Waals surface area contributed by atoms with Crippen molar-refractivity contribution in [3.8, 4) is 0 Å². The highest BCUT2D eigenvalue weighted by Crippen LogP contribution is 2.17. The number of carbonyl (C=O) groups excluding carboxylic acids is 3. The van der Waals surface area contributed by atoms with Gasteiger partial charge in [0.25, 0.3) is 0 Å². The molecule has 9 nitrogen and oxygen atoms in total. The molecule has 0 aromatic rings. The van der Waals surface area contributed by atoms with Crippen molar-refractivity contribution in [1.82, 2.24) is 14.7 Å². The lowest BCUT2D eigenvalue weighted by Crippen LogP contribution is -2.64. The van der Waals surface area contributed by atoms with E-state index in [1.54, 1.807) is 6.92 Å². The third-order valence-corrected chi connectivity index (χ3v) is 2.80. The normalized spacial score (nSPS) is 16.1. The number of ether oxygens (including phenoxy) is 3. The van der Waals surface area contributed by atoms with Crippen LogP contribution in [0.25, 0.3) is 0 Å². The summed E-state index contributed by atoms with van der Waals surface area (Å²) in [4.78, 5) is 38.4. The number of carbonyl (C=O) groups is 3. The van der Waals surface area contributed by atoms with Crippen LogP contribution in [0.2, 0.25) is 0 Å². The Hall–Kier alpha value is -2.19. The lowest BCUT2D eigenvalue weighted by atomic mass is 10.4. The van der Waals surface area contributed by atoms with Crippen LogP contribution in [-0.2, 0) is 14.2 Å². The molecular weight excluding hydrogens is 258 g/mol. The molecule has 0 N–H and O–H groups in total. The summed E-state index contributed by atoms with van der Waals surface area (Å²) < 4.78 is 13.8. The molecule has 0 radical (unpaired) electrons. The first-order chi connectivity index (χ1) is 8.96. The van der Waals surface area contributed by atoms with Gasteiger partial charge in [-0.1, -0.05) is 0 Å². The Labute approximate surface area is 110 Å². The first-order valence-corrected chi connectivity index (χ1v) is 5.48. The zero-order chi connectivity index (χ0) is 14.6. The maximum atomic E-state index is 11.6. The molecule has 19 heavy (non-hydrogen) atoms. The summed E-state index contributed by atoms with van der Waals surface area (Å²) in [6, 6.07) is 0. The molecule has 3 amide bonds. The Kier molecular flexibility index (Phi) is 4.79. The number of nitrogens with zero attached hydrogens (tertiary/aromatic N) is 3. The van der Waals surface area contributed by atoms with E-state index in [-0.39, 0.29) is 13.3 Å². The summed E-state index contributed by atoms with van der Waals surface area (Å²) in [6.07, 6.45) is -2.57. The Morgan fingerprint density at radius 2 is 1.21 bits per heavy atom. The smallest absolute Gasteiger partial charge is 0.412 e. The van der Waals surface area contributed by atoms with Crippen LogP contribution >= 0.6 is 0 Å². The average Bonchev–Trinajstić information content (AvgIpc) is 2.44. The van der Waals surface area contributed by atoms with Crippen molar-refractivity contribution in [3.63, 3.8) is 0 Å². The first-order valence-electron chi connectivity index (χ1n) is 5.48. The van der Waals surface area contributed by atoms with Crippen LogP contribution in [-0.4, -0.2) is 73.8 Å². The lowest BCUT2D eigenvalue weighted by Gasteiger charge is -2.44. The van der Waals surface area contributed by atoms with Crippen LogP contribution < -0.4 is 0 Å². The molecule has 1 aliphatic heterocycles. The highest BCUT2D eigenvalue weighted by Gasteiger charge is 2.38. The highest BCUT2D eigenvalue weighted by atomic mass is 16.6. The Balaban J connectivity index is 2.96. The molecule has 0 saturated carbocycles. The maximum Gasteiger partial charge on any atom is 0.412 e. The molecule has 0 unspecified atom stereocenters. The third kappa shape index (κ3) is 2.98. The SMILES string of the molecule is COC(=O)N1CN(C(=O)OC)C(C)N(C(=O)OC)C1. The van der Waals surface area contributed by atoms with Crippen LogP contribution in [0, 0.1) is 0 Å². The largest absolute Gasteiger partial charge is 0.453 e. The van der Waals surface area contributed by atoms with Gasteiger partial charge in [-0.3, -0.25) is 14.7 Å². The van der Waals surface area contributed by atoms with E-state index in [9.17, 15) is 14.4 Å². The van der Waals surface area contributed by atoms with E-state index in [0.717, 1.165) is 0 Å². The van der Waals surface area contributed by atoms with Crippen molar-refractivity contribution in [1.29, 1.82) is 0 Å². The molecule has 1 heterocycles. The van der Waals surface area contributed by atoms with E-state index < -0.39 is 24.4 Å². The minimum absolute atomic E-state index is 0.0337. The molecule has 0 spiro atoms. The van der Waals surface area contributed by atoms with Gasteiger partial charge < -0.3 is 14.2 Å². The molecule has 0 atom stereocenters. The number of hydrogen-bond acceptors (Lipinski definition) is 6. The second-order valence-electron chi connectivity index (χ2n) is 3.80. The summed E-state index contributed by atoms with van der Waals surface area (Å²) in [5, 5.41) is 0. The van der Waals surface area contributed by atoms with E-state index in [1.807, 2.05) is 0 Å². The van der Waals surface area contributed by atoms with Gasteiger partial charge in [0.2, 0.25) is 0 Å². The van der Waals surface area contributed by atoms with Crippen LogP contribution in [0.3, 0.4) is 0 Å². The van der Waals surface area contributed by atoms with Gasteiger partial charge in [-0.15, -0.1) is 0 Å². The zero-order valence-corrected chi connectivity index (χ0v) is 11.3. The van der Waals surface area contributed by atoms with Crippen LogP contribution in [0.4, 0.5) is 14.4 Å². The molecule has 0 bridgehead atoms. The molecule has 9 heteroatoms. The molecule has 1 saturated heterocycles. The van der Waals surface area contributed by atoms with Gasteiger partial charge in [0.05, 0.1) is 21.3 Å². The van der Waals surface area contributed by atoms with Crippen molar-refractivity contribution in [2.24, 2.45) is 0 Å². The third-order valence-electron chi connectivity index (χ3n) is 2.80. The summed E-state index contributed by atoms with van der Waals surface area (Å²) in [6.45, 7) is 1.56. The van der Waals surface area contributed by atoms with Crippen molar-refractivity contribution in [2.45, 2.75) is 13.1 Å². The van der Waals surface area contributed by atoms with Crippen LogP contribution in [0.1, 0.15) is 6.92 Å². The number of amides is 3. The monoisotopic (exact) mass is 275 g/mol. The fourth-order valence-electron chi connectivity index (χ4n) is 1.72.